The van der Waals surface area contributed by atoms with E-state index < -0.39 is 5.97 Å². The summed E-state index contributed by atoms with van der Waals surface area (Å²) >= 11 is 1.52. The molecule has 142 valence electrons. The van der Waals surface area contributed by atoms with Gasteiger partial charge in [-0.3, -0.25) is 4.79 Å². The van der Waals surface area contributed by atoms with Gasteiger partial charge in [-0.25, -0.2) is 9.80 Å². The van der Waals surface area contributed by atoms with Crippen molar-refractivity contribution >= 4 is 28.9 Å². The van der Waals surface area contributed by atoms with Gasteiger partial charge in [0.1, 0.15) is 0 Å². The first kappa shape index (κ1) is 18.0. The van der Waals surface area contributed by atoms with Crippen LogP contribution in [-0.4, -0.2) is 56.0 Å². The molecule has 0 saturated carbocycles. The molecule has 3 heterocycles. The SMILES string of the molecule is O=C(Cn1nnc(-c2ccsc2)n1)OCC(=O)N1CCC(c2ccccc2)=N1. The van der Waals surface area contributed by atoms with Crippen LogP contribution in [-0.2, 0) is 20.9 Å². The molecule has 1 aliphatic heterocycles. The van der Waals surface area contributed by atoms with Gasteiger partial charge >= 0.3 is 5.97 Å². The number of carbonyl (C=O) groups excluding carboxylic acids is 2. The summed E-state index contributed by atoms with van der Waals surface area (Å²) in [5, 5.41) is 21.3. The number of hydrogen-bond donors (Lipinski definition) is 0. The van der Waals surface area contributed by atoms with Crippen LogP contribution in [0.4, 0.5) is 0 Å². The van der Waals surface area contributed by atoms with E-state index in [2.05, 4.69) is 20.5 Å². The molecular formula is C18H16N6O3S. The first-order valence-electron chi connectivity index (χ1n) is 8.58. The van der Waals surface area contributed by atoms with E-state index in [1.807, 2.05) is 47.2 Å². The number of aromatic nitrogens is 4. The van der Waals surface area contributed by atoms with Crippen molar-refractivity contribution in [3.63, 3.8) is 0 Å². The minimum atomic E-state index is -0.617. The number of benzene rings is 1. The molecule has 0 saturated heterocycles. The van der Waals surface area contributed by atoms with Gasteiger partial charge in [-0.15, -0.1) is 10.2 Å². The Balaban J connectivity index is 1.28. The smallest absolute Gasteiger partial charge is 0.330 e. The highest BCUT2D eigenvalue weighted by Gasteiger charge is 2.22. The Kier molecular flexibility index (Phi) is 5.20. The molecule has 0 bridgehead atoms. The van der Waals surface area contributed by atoms with Crippen LogP contribution in [0.3, 0.4) is 0 Å². The number of amides is 1. The Morgan fingerprint density at radius 2 is 2.00 bits per heavy atom. The van der Waals surface area contributed by atoms with Crippen LogP contribution in [0.1, 0.15) is 12.0 Å². The predicted octanol–water partition coefficient (Wildman–Crippen LogP) is 1.58. The summed E-state index contributed by atoms with van der Waals surface area (Å²) < 4.78 is 5.04. The average molecular weight is 396 g/mol. The lowest BCUT2D eigenvalue weighted by Crippen LogP contribution is -2.29. The lowest BCUT2D eigenvalue weighted by Gasteiger charge is -2.11. The summed E-state index contributed by atoms with van der Waals surface area (Å²) in [4.78, 5) is 25.3. The summed E-state index contributed by atoms with van der Waals surface area (Å²) in [5.41, 5.74) is 2.66. The molecule has 0 fully saturated rings. The first-order chi connectivity index (χ1) is 13.7. The Bertz CT molecular complexity index is 1000. The van der Waals surface area contributed by atoms with Crippen LogP contribution in [0.5, 0.6) is 0 Å². The van der Waals surface area contributed by atoms with Gasteiger partial charge in [-0.1, -0.05) is 30.3 Å². The number of ether oxygens (including phenoxy) is 1. The zero-order valence-electron chi connectivity index (χ0n) is 14.8. The molecule has 2 aromatic heterocycles. The summed E-state index contributed by atoms with van der Waals surface area (Å²) in [6.07, 6.45) is 0.665. The van der Waals surface area contributed by atoms with Gasteiger partial charge in [0.2, 0.25) is 5.82 Å². The van der Waals surface area contributed by atoms with Crippen LogP contribution >= 0.6 is 11.3 Å². The van der Waals surface area contributed by atoms with Gasteiger partial charge in [-0.2, -0.15) is 21.2 Å². The molecule has 0 atom stereocenters. The number of thiophene rings is 1. The lowest BCUT2D eigenvalue weighted by molar-refractivity contribution is -0.152. The minimum absolute atomic E-state index is 0.219. The van der Waals surface area contributed by atoms with Gasteiger partial charge < -0.3 is 4.74 Å². The topological polar surface area (TPSA) is 103 Å². The highest BCUT2D eigenvalue weighted by Crippen LogP contribution is 2.16. The van der Waals surface area contributed by atoms with E-state index in [4.69, 9.17) is 4.74 Å². The molecule has 0 spiro atoms. The van der Waals surface area contributed by atoms with E-state index >= 15 is 0 Å². The first-order valence-corrected chi connectivity index (χ1v) is 9.52. The molecule has 1 aliphatic rings. The third-order valence-electron chi connectivity index (χ3n) is 4.06. The Hall–Kier alpha value is -3.40. The molecule has 3 aromatic rings. The van der Waals surface area contributed by atoms with Crippen molar-refractivity contribution in [1.29, 1.82) is 0 Å². The molecule has 9 nitrogen and oxygen atoms in total. The van der Waals surface area contributed by atoms with E-state index in [9.17, 15) is 9.59 Å². The normalized spacial score (nSPS) is 13.4. The maximum atomic E-state index is 12.2. The van der Waals surface area contributed by atoms with Crippen molar-refractivity contribution in [2.45, 2.75) is 13.0 Å². The van der Waals surface area contributed by atoms with Gasteiger partial charge in [0.25, 0.3) is 5.91 Å². The van der Waals surface area contributed by atoms with E-state index in [0.717, 1.165) is 21.6 Å². The van der Waals surface area contributed by atoms with Crippen molar-refractivity contribution in [2.24, 2.45) is 5.10 Å². The van der Waals surface area contributed by atoms with Crippen LogP contribution in [0.25, 0.3) is 11.4 Å². The van der Waals surface area contributed by atoms with Gasteiger partial charge in [0.15, 0.2) is 13.2 Å². The van der Waals surface area contributed by atoms with Crippen LogP contribution < -0.4 is 0 Å². The fraction of sp³-hybridized carbons (Fsp3) is 0.222. The average Bonchev–Trinajstić information content (AvgIpc) is 3.47. The van der Waals surface area contributed by atoms with Crippen LogP contribution in [0.15, 0.2) is 52.3 Å². The van der Waals surface area contributed by atoms with E-state index in [1.54, 1.807) is 0 Å². The van der Waals surface area contributed by atoms with Crippen molar-refractivity contribution in [3.8, 4) is 11.4 Å². The van der Waals surface area contributed by atoms with E-state index in [0.29, 0.717) is 18.8 Å². The number of carbonyl (C=O) groups is 2. The summed E-state index contributed by atoms with van der Waals surface area (Å²) in [6.45, 7) is -0.130. The molecular weight excluding hydrogens is 380 g/mol. The number of hydrogen-bond acceptors (Lipinski definition) is 8. The summed E-state index contributed by atoms with van der Waals surface area (Å²) in [5.74, 6) is -0.552. The molecule has 10 heteroatoms. The number of tetrazole rings is 1. The van der Waals surface area contributed by atoms with Crippen molar-refractivity contribution in [2.75, 3.05) is 13.2 Å². The number of esters is 1. The molecule has 0 aliphatic carbocycles. The third kappa shape index (κ3) is 4.12. The monoisotopic (exact) mass is 396 g/mol. The van der Waals surface area contributed by atoms with Crippen LogP contribution in [0, 0.1) is 0 Å². The minimum Gasteiger partial charge on any atom is -0.454 e. The molecule has 1 aromatic carbocycles. The second-order valence-corrected chi connectivity index (χ2v) is 6.78. The number of rotatable bonds is 6. The third-order valence-corrected chi connectivity index (χ3v) is 4.74. The maximum absolute atomic E-state index is 12.2. The van der Waals surface area contributed by atoms with Gasteiger partial charge in [0.05, 0.1) is 12.3 Å². The Morgan fingerprint density at radius 3 is 2.79 bits per heavy atom. The van der Waals surface area contributed by atoms with Gasteiger partial charge in [-0.05, 0) is 22.2 Å². The second-order valence-electron chi connectivity index (χ2n) is 6.00. The van der Waals surface area contributed by atoms with Crippen molar-refractivity contribution in [3.05, 3.63) is 52.7 Å². The molecule has 0 radical (unpaired) electrons. The largest absolute Gasteiger partial charge is 0.454 e. The van der Waals surface area contributed by atoms with Crippen molar-refractivity contribution in [1.82, 2.24) is 25.2 Å². The highest BCUT2D eigenvalue weighted by atomic mass is 32.1. The molecule has 0 N–H and O–H groups in total. The number of nitrogens with zero attached hydrogens (tertiary/aromatic N) is 6. The molecule has 0 unspecified atom stereocenters. The fourth-order valence-electron chi connectivity index (χ4n) is 2.67. The maximum Gasteiger partial charge on any atom is 0.330 e. The summed E-state index contributed by atoms with van der Waals surface area (Å²) in [6, 6.07) is 11.5. The second kappa shape index (κ2) is 8.09. The van der Waals surface area contributed by atoms with E-state index in [1.165, 1.54) is 16.3 Å². The molecule has 1 amide bonds. The highest BCUT2D eigenvalue weighted by molar-refractivity contribution is 7.08. The lowest BCUT2D eigenvalue weighted by atomic mass is 10.1. The predicted molar refractivity (Wildman–Crippen MR) is 101 cm³/mol. The van der Waals surface area contributed by atoms with Crippen molar-refractivity contribution < 1.29 is 14.3 Å². The van der Waals surface area contributed by atoms with E-state index in [-0.39, 0.29) is 19.1 Å². The fourth-order valence-corrected chi connectivity index (χ4v) is 3.30. The zero-order chi connectivity index (χ0) is 19.3. The Labute approximate surface area is 164 Å². The Morgan fingerprint density at radius 1 is 1.14 bits per heavy atom. The quantitative estimate of drug-likeness (QED) is 0.586. The molecule has 28 heavy (non-hydrogen) atoms. The number of hydrazone groups is 1. The standard InChI is InChI=1S/C18H16N6O3S/c25-16(23-8-6-15(20-23)13-4-2-1-3-5-13)11-27-17(26)10-24-21-18(19-22-24)14-7-9-28-12-14/h1-5,7,9,12H,6,8,10-11H2. The zero-order valence-corrected chi connectivity index (χ0v) is 15.6. The van der Waals surface area contributed by atoms with Gasteiger partial charge in [0, 0.05) is 17.4 Å². The van der Waals surface area contributed by atoms with Crippen LogP contribution in [0.2, 0.25) is 0 Å². The summed E-state index contributed by atoms with van der Waals surface area (Å²) in [7, 11) is 0. The molecule has 4 rings (SSSR count).